The predicted octanol–water partition coefficient (Wildman–Crippen LogP) is 3.11. The molecule has 0 aliphatic carbocycles. The van der Waals surface area contributed by atoms with Gasteiger partial charge in [-0.2, -0.15) is 0 Å². The first-order chi connectivity index (χ1) is 15.5. The standard InChI is InChI=1S/C22H26ClN7OS/c23-19-16(5-8-25-21(19)30-9-1-2-10-30)32-18-4-3-15-20(28-18)26-13-17(27-15)29-11-6-22(24,14-31)7-12-29/h3-5,8,13,31H,1-2,6-7,9-12,14,24H2. The monoisotopic (exact) mass is 471 g/mol. The third-order valence-corrected chi connectivity index (χ3v) is 7.70. The lowest BCUT2D eigenvalue weighted by Crippen LogP contribution is -2.53. The quantitative estimate of drug-likeness (QED) is 0.580. The zero-order valence-electron chi connectivity index (χ0n) is 17.7. The van der Waals surface area contributed by atoms with Crippen molar-refractivity contribution < 1.29 is 5.11 Å². The SMILES string of the molecule is NC1(CO)CCN(c2cnc3nc(Sc4ccnc(N5CCCC5)c4Cl)ccc3n2)CC1. The second-order valence-corrected chi connectivity index (χ2v) is 9.91. The number of anilines is 2. The van der Waals surface area contributed by atoms with Crippen LogP contribution in [0, 0.1) is 0 Å². The molecule has 2 saturated heterocycles. The molecule has 0 saturated carbocycles. The van der Waals surface area contributed by atoms with E-state index in [1.165, 1.54) is 24.6 Å². The van der Waals surface area contributed by atoms with Crippen molar-refractivity contribution in [2.75, 3.05) is 42.6 Å². The van der Waals surface area contributed by atoms with E-state index < -0.39 is 5.54 Å². The van der Waals surface area contributed by atoms with Crippen LogP contribution in [0.25, 0.3) is 11.2 Å². The Bertz CT molecular complexity index is 1120. The largest absolute Gasteiger partial charge is 0.394 e. The number of nitrogens with two attached hydrogens (primary N) is 1. The van der Waals surface area contributed by atoms with E-state index in [4.69, 9.17) is 22.3 Å². The zero-order valence-corrected chi connectivity index (χ0v) is 19.3. The Balaban J connectivity index is 1.34. The molecule has 8 nitrogen and oxygen atoms in total. The van der Waals surface area contributed by atoms with E-state index in [-0.39, 0.29) is 6.61 Å². The first-order valence-corrected chi connectivity index (χ1v) is 12.1. The van der Waals surface area contributed by atoms with Crippen LogP contribution in [0.5, 0.6) is 0 Å². The van der Waals surface area contributed by atoms with E-state index in [9.17, 15) is 5.11 Å². The van der Waals surface area contributed by atoms with E-state index in [1.54, 1.807) is 12.4 Å². The minimum absolute atomic E-state index is 0.00954. The van der Waals surface area contributed by atoms with Gasteiger partial charge in [-0.3, -0.25) is 0 Å². The molecule has 2 fully saturated rings. The number of nitrogens with zero attached hydrogens (tertiary/aromatic N) is 6. The molecule has 10 heteroatoms. The van der Waals surface area contributed by atoms with E-state index in [0.717, 1.165) is 66.1 Å². The lowest BCUT2D eigenvalue weighted by Gasteiger charge is -2.38. The van der Waals surface area contributed by atoms with Crippen molar-refractivity contribution in [3.63, 3.8) is 0 Å². The maximum atomic E-state index is 9.47. The minimum atomic E-state index is -0.489. The van der Waals surface area contributed by atoms with Crippen LogP contribution in [0.2, 0.25) is 5.02 Å². The van der Waals surface area contributed by atoms with Crippen LogP contribution in [0.3, 0.4) is 0 Å². The lowest BCUT2D eigenvalue weighted by molar-refractivity contribution is 0.170. The summed E-state index contributed by atoms with van der Waals surface area (Å²) in [7, 11) is 0. The molecule has 32 heavy (non-hydrogen) atoms. The average Bonchev–Trinajstić information content (AvgIpc) is 3.35. The molecule has 0 atom stereocenters. The van der Waals surface area contributed by atoms with Crippen LogP contribution in [0.15, 0.2) is 40.5 Å². The highest BCUT2D eigenvalue weighted by Crippen LogP contribution is 2.38. The molecule has 0 bridgehead atoms. The lowest BCUT2D eigenvalue weighted by atomic mass is 9.90. The van der Waals surface area contributed by atoms with Crippen LogP contribution in [-0.4, -0.2) is 63.4 Å². The van der Waals surface area contributed by atoms with E-state index >= 15 is 0 Å². The van der Waals surface area contributed by atoms with Gasteiger partial charge in [-0.05, 0) is 43.9 Å². The van der Waals surface area contributed by atoms with Crippen molar-refractivity contribution >= 4 is 46.2 Å². The predicted molar refractivity (Wildman–Crippen MR) is 128 cm³/mol. The van der Waals surface area contributed by atoms with Crippen molar-refractivity contribution in [1.82, 2.24) is 19.9 Å². The highest BCUT2D eigenvalue weighted by molar-refractivity contribution is 7.99. The molecule has 5 rings (SSSR count). The van der Waals surface area contributed by atoms with E-state index in [2.05, 4.69) is 24.8 Å². The molecular weight excluding hydrogens is 446 g/mol. The van der Waals surface area contributed by atoms with E-state index in [1.807, 2.05) is 18.2 Å². The number of piperidine rings is 1. The maximum absolute atomic E-state index is 9.47. The first-order valence-electron chi connectivity index (χ1n) is 10.9. The molecular formula is C22H26ClN7OS. The van der Waals surface area contributed by atoms with Crippen molar-refractivity contribution in [3.8, 4) is 0 Å². The van der Waals surface area contributed by atoms with Gasteiger partial charge in [-0.25, -0.2) is 19.9 Å². The summed E-state index contributed by atoms with van der Waals surface area (Å²) in [6.07, 6.45) is 7.37. The van der Waals surface area contributed by atoms with Gasteiger partial charge < -0.3 is 20.6 Å². The highest BCUT2D eigenvalue weighted by Gasteiger charge is 2.30. The fraction of sp³-hybridized carbons (Fsp3) is 0.455. The first kappa shape index (κ1) is 21.6. The maximum Gasteiger partial charge on any atom is 0.179 e. The van der Waals surface area contributed by atoms with Crippen LogP contribution >= 0.6 is 23.4 Å². The highest BCUT2D eigenvalue weighted by atomic mass is 35.5. The summed E-state index contributed by atoms with van der Waals surface area (Å²) >= 11 is 8.19. The molecule has 2 aliphatic heterocycles. The molecule has 3 N–H and O–H groups in total. The Labute approximate surface area is 196 Å². The van der Waals surface area contributed by atoms with Crippen molar-refractivity contribution in [2.24, 2.45) is 5.73 Å². The van der Waals surface area contributed by atoms with Gasteiger partial charge in [0, 0.05) is 42.8 Å². The molecule has 5 heterocycles. The van der Waals surface area contributed by atoms with Crippen LogP contribution < -0.4 is 15.5 Å². The van der Waals surface area contributed by atoms with E-state index in [0.29, 0.717) is 10.7 Å². The summed E-state index contributed by atoms with van der Waals surface area (Å²) in [4.78, 5) is 23.8. The number of rotatable bonds is 5. The normalized spacial score (nSPS) is 18.5. The smallest absolute Gasteiger partial charge is 0.179 e. The van der Waals surface area contributed by atoms with Gasteiger partial charge in [0.05, 0.1) is 17.8 Å². The van der Waals surface area contributed by atoms with Gasteiger partial charge in [-0.15, -0.1) is 0 Å². The fourth-order valence-corrected chi connectivity index (χ4v) is 5.33. The number of halogens is 1. The van der Waals surface area contributed by atoms with Crippen molar-refractivity contribution in [1.29, 1.82) is 0 Å². The molecule has 0 radical (unpaired) electrons. The average molecular weight is 472 g/mol. The number of hydrogen-bond acceptors (Lipinski definition) is 9. The van der Waals surface area contributed by atoms with Crippen LogP contribution in [0.4, 0.5) is 11.6 Å². The molecule has 0 amide bonds. The molecule has 0 unspecified atom stereocenters. The summed E-state index contributed by atoms with van der Waals surface area (Å²) in [5, 5.41) is 11.0. The minimum Gasteiger partial charge on any atom is -0.394 e. The Kier molecular flexibility index (Phi) is 6.07. The summed E-state index contributed by atoms with van der Waals surface area (Å²) in [6.45, 7) is 3.50. The van der Waals surface area contributed by atoms with Crippen molar-refractivity contribution in [3.05, 3.63) is 35.6 Å². The van der Waals surface area contributed by atoms with Crippen LogP contribution in [-0.2, 0) is 0 Å². The molecule has 0 spiro atoms. The second-order valence-electron chi connectivity index (χ2n) is 8.47. The molecule has 3 aromatic rings. The number of aromatic nitrogens is 4. The van der Waals surface area contributed by atoms with Gasteiger partial charge in [0.15, 0.2) is 5.65 Å². The summed E-state index contributed by atoms with van der Waals surface area (Å²) < 4.78 is 0. The molecule has 3 aromatic heterocycles. The third-order valence-electron chi connectivity index (χ3n) is 6.22. The van der Waals surface area contributed by atoms with Crippen molar-refractivity contribution in [2.45, 2.75) is 41.1 Å². The van der Waals surface area contributed by atoms with Gasteiger partial charge >= 0.3 is 0 Å². The molecule has 168 valence electrons. The summed E-state index contributed by atoms with van der Waals surface area (Å²) in [5.74, 6) is 1.66. The Morgan fingerprint density at radius 1 is 1.03 bits per heavy atom. The number of pyridine rings is 2. The Morgan fingerprint density at radius 2 is 1.81 bits per heavy atom. The van der Waals surface area contributed by atoms with Crippen LogP contribution in [0.1, 0.15) is 25.7 Å². The van der Waals surface area contributed by atoms with Gasteiger partial charge in [0.25, 0.3) is 0 Å². The topological polar surface area (TPSA) is 104 Å². The summed E-state index contributed by atoms with van der Waals surface area (Å²) in [5.41, 5.74) is 7.04. The molecule has 2 aliphatic rings. The molecule has 0 aromatic carbocycles. The fourth-order valence-electron chi connectivity index (χ4n) is 4.18. The number of aliphatic hydroxyl groups excluding tert-OH is 1. The third kappa shape index (κ3) is 4.34. The van der Waals surface area contributed by atoms with Gasteiger partial charge in [0.2, 0.25) is 0 Å². The number of hydrogen-bond donors (Lipinski definition) is 2. The second kappa shape index (κ2) is 8.97. The summed E-state index contributed by atoms with van der Waals surface area (Å²) in [6, 6.07) is 5.82. The Morgan fingerprint density at radius 3 is 2.56 bits per heavy atom. The van der Waals surface area contributed by atoms with Gasteiger partial charge in [0.1, 0.15) is 22.2 Å². The zero-order chi connectivity index (χ0) is 22.1. The van der Waals surface area contributed by atoms with Gasteiger partial charge in [-0.1, -0.05) is 23.4 Å². The number of aliphatic hydroxyl groups is 1. The Hall–Kier alpha value is -2.20. The number of fused-ring (bicyclic) bond motifs is 1.